The Kier molecular flexibility index (Phi) is 2.35. The van der Waals surface area contributed by atoms with Crippen LogP contribution in [0.4, 0.5) is 5.95 Å². The lowest BCUT2D eigenvalue weighted by Gasteiger charge is -1.88. The first-order valence-corrected chi connectivity index (χ1v) is 4.82. The van der Waals surface area contributed by atoms with E-state index in [1.807, 2.05) is 0 Å². The standard InChI is InChI=1S/C6H8N6OS/c1-3-8-4(12-13-3)2-14-6-9-5(7)10-11-6/h2H2,1H3,(H3,7,9,10,11). The second kappa shape index (κ2) is 3.66. The lowest BCUT2D eigenvalue weighted by atomic mass is 10.7. The molecule has 0 amide bonds. The number of aromatic amines is 1. The van der Waals surface area contributed by atoms with Gasteiger partial charge in [-0.2, -0.15) is 9.97 Å². The molecule has 0 fully saturated rings. The van der Waals surface area contributed by atoms with E-state index in [0.29, 0.717) is 28.6 Å². The molecule has 0 aliphatic carbocycles. The largest absolute Gasteiger partial charge is 0.368 e. The molecule has 0 atom stereocenters. The Bertz CT molecular complexity index is 383. The van der Waals surface area contributed by atoms with Crippen molar-refractivity contribution < 1.29 is 4.52 Å². The topological polar surface area (TPSA) is 107 Å². The molecular formula is C6H8N6OS. The Morgan fingerprint density at radius 2 is 2.36 bits per heavy atom. The number of aryl methyl sites for hydroxylation is 1. The molecule has 2 rings (SSSR count). The number of rotatable bonds is 3. The van der Waals surface area contributed by atoms with Crippen LogP contribution in [0.3, 0.4) is 0 Å². The molecule has 0 spiro atoms. The smallest absolute Gasteiger partial charge is 0.223 e. The average Bonchev–Trinajstić information content (AvgIpc) is 2.72. The molecule has 7 nitrogen and oxygen atoms in total. The lowest BCUT2D eigenvalue weighted by Crippen LogP contribution is -1.86. The minimum atomic E-state index is 0.303. The maximum absolute atomic E-state index is 5.36. The Balaban J connectivity index is 1.94. The van der Waals surface area contributed by atoms with Crippen LogP contribution in [-0.4, -0.2) is 25.3 Å². The summed E-state index contributed by atoms with van der Waals surface area (Å²) in [4.78, 5) is 7.96. The third-order valence-electron chi connectivity index (χ3n) is 1.38. The van der Waals surface area contributed by atoms with E-state index in [0.717, 1.165) is 0 Å². The van der Waals surface area contributed by atoms with E-state index in [-0.39, 0.29) is 0 Å². The third-order valence-corrected chi connectivity index (χ3v) is 2.23. The van der Waals surface area contributed by atoms with Crippen molar-refractivity contribution in [1.29, 1.82) is 0 Å². The van der Waals surface area contributed by atoms with Crippen molar-refractivity contribution in [2.45, 2.75) is 17.8 Å². The molecule has 2 aromatic rings. The van der Waals surface area contributed by atoms with Gasteiger partial charge in [0.2, 0.25) is 17.0 Å². The van der Waals surface area contributed by atoms with Gasteiger partial charge in [-0.25, -0.2) is 5.10 Å². The normalized spacial score (nSPS) is 10.6. The first kappa shape index (κ1) is 9.00. The van der Waals surface area contributed by atoms with Gasteiger partial charge in [-0.3, -0.25) is 0 Å². The highest BCUT2D eigenvalue weighted by Gasteiger charge is 2.05. The Morgan fingerprint density at radius 1 is 1.50 bits per heavy atom. The Hall–Kier alpha value is -1.57. The molecule has 0 unspecified atom stereocenters. The monoisotopic (exact) mass is 212 g/mol. The zero-order valence-corrected chi connectivity index (χ0v) is 8.21. The van der Waals surface area contributed by atoms with Gasteiger partial charge in [0.05, 0.1) is 5.75 Å². The summed E-state index contributed by atoms with van der Waals surface area (Å²) in [6, 6.07) is 0. The maximum Gasteiger partial charge on any atom is 0.223 e. The average molecular weight is 212 g/mol. The van der Waals surface area contributed by atoms with Crippen molar-refractivity contribution in [2.24, 2.45) is 0 Å². The number of anilines is 1. The van der Waals surface area contributed by atoms with Crippen molar-refractivity contribution >= 4 is 17.7 Å². The molecule has 0 saturated carbocycles. The maximum atomic E-state index is 5.36. The van der Waals surface area contributed by atoms with E-state index >= 15 is 0 Å². The van der Waals surface area contributed by atoms with Crippen molar-refractivity contribution in [1.82, 2.24) is 25.3 Å². The molecule has 0 aromatic carbocycles. The van der Waals surface area contributed by atoms with Crippen LogP contribution in [0.15, 0.2) is 9.68 Å². The summed E-state index contributed by atoms with van der Waals surface area (Å²) in [5.74, 6) is 2.04. The number of thioether (sulfide) groups is 1. The Morgan fingerprint density at radius 3 is 2.93 bits per heavy atom. The first-order valence-electron chi connectivity index (χ1n) is 3.84. The van der Waals surface area contributed by atoms with Gasteiger partial charge in [0.1, 0.15) is 0 Å². The molecule has 0 radical (unpaired) electrons. The van der Waals surface area contributed by atoms with E-state index < -0.39 is 0 Å². The number of H-pyrrole nitrogens is 1. The van der Waals surface area contributed by atoms with Crippen LogP contribution in [0.5, 0.6) is 0 Å². The van der Waals surface area contributed by atoms with Crippen LogP contribution >= 0.6 is 11.8 Å². The predicted molar refractivity (Wildman–Crippen MR) is 49.4 cm³/mol. The van der Waals surface area contributed by atoms with Gasteiger partial charge in [0, 0.05) is 6.92 Å². The molecule has 0 bridgehead atoms. The molecule has 3 N–H and O–H groups in total. The van der Waals surface area contributed by atoms with Crippen LogP contribution < -0.4 is 5.73 Å². The molecule has 14 heavy (non-hydrogen) atoms. The summed E-state index contributed by atoms with van der Waals surface area (Å²) in [5.41, 5.74) is 5.36. The summed E-state index contributed by atoms with van der Waals surface area (Å²) in [7, 11) is 0. The zero-order valence-electron chi connectivity index (χ0n) is 7.39. The van der Waals surface area contributed by atoms with Crippen LogP contribution in [0.1, 0.15) is 11.7 Å². The second-order valence-corrected chi connectivity index (χ2v) is 3.46. The number of nitrogens with one attached hydrogen (secondary N) is 1. The van der Waals surface area contributed by atoms with Crippen LogP contribution in [-0.2, 0) is 5.75 Å². The first-order chi connectivity index (χ1) is 6.74. The highest BCUT2D eigenvalue weighted by molar-refractivity contribution is 7.98. The summed E-state index contributed by atoms with van der Waals surface area (Å²) in [6.45, 7) is 1.74. The molecule has 8 heteroatoms. The van der Waals surface area contributed by atoms with E-state index in [2.05, 4.69) is 25.3 Å². The molecular weight excluding hydrogens is 204 g/mol. The van der Waals surface area contributed by atoms with E-state index in [4.69, 9.17) is 10.3 Å². The molecule has 0 aliphatic rings. The van der Waals surface area contributed by atoms with Gasteiger partial charge in [-0.05, 0) is 0 Å². The summed E-state index contributed by atoms with van der Waals surface area (Å²) in [6.07, 6.45) is 0. The minimum absolute atomic E-state index is 0.303. The summed E-state index contributed by atoms with van der Waals surface area (Å²) < 4.78 is 4.81. The lowest BCUT2D eigenvalue weighted by molar-refractivity contribution is 0.389. The van der Waals surface area contributed by atoms with Gasteiger partial charge in [0.25, 0.3) is 0 Å². The van der Waals surface area contributed by atoms with Gasteiger partial charge in [0.15, 0.2) is 5.82 Å². The SMILES string of the molecule is Cc1nc(CSc2n[nH]c(N)n2)no1. The predicted octanol–water partition coefficient (Wildman–Crippen LogP) is 0.371. The molecule has 2 aromatic heterocycles. The van der Waals surface area contributed by atoms with Gasteiger partial charge in [-0.1, -0.05) is 16.9 Å². The van der Waals surface area contributed by atoms with Gasteiger partial charge < -0.3 is 10.3 Å². The molecule has 0 saturated heterocycles. The quantitative estimate of drug-likeness (QED) is 0.708. The minimum Gasteiger partial charge on any atom is -0.368 e. The fourth-order valence-corrected chi connectivity index (χ4v) is 1.50. The fraction of sp³-hybridized carbons (Fsp3) is 0.333. The van der Waals surface area contributed by atoms with Gasteiger partial charge in [-0.15, -0.1) is 5.10 Å². The highest BCUT2D eigenvalue weighted by Crippen LogP contribution is 2.17. The highest BCUT2D eigenvalue weighted by atomic mass is 32.2. The van der Waals surface area contributed by atoms with Crippen molar-refractivity contribution in [3.8, 4) is 0 Å². The molecule has 2 heterocycles. The molecule has 74 valence electrons. The Labute approximate surface area is 83.5 Å². The zero-order chi connectivity index (χ0) is 9.97. The van der Waals surface area contributed by atoms with Crippen molar-refractivity contribution in [3.05, 3.63) is 11.7 Å². The molecule has 0 aliphatic heterocycles. The summed E-state index contributed by atoms with van der Waals surface area (Å²) >= 11 is 1.39. The van der Waals surface area contributed by atoms with Crippen molar-refractivity contribution in [2.75, 3.05) is 5.73 Å². The van der Waals surface area contributed by atoms with E-state index in [1.54, 1.807) is 6.92 Å². The van der Waals surface area contributed by atoms with Crippen LogP contribution in [0.25, 0.3) is 0 Å². The third kappa shape index (κ3) is 2.02. The van der Waals surface area contributed by atoms with Crippen LogP contribution in [0, 0.1) is 6.92 Å². The number of hydrogen-bond donors (Lipinski definition) is 2. The number of aromatic nitrogens is 5. The summed E-state index contributed by atoms with van der Waals surface area (Å²) in [5, 5.41) is 10.7. The second-order valence-electron chi connectivity index (χ2n) is 2.52. The fourth-order valence-electron chi connectivity index (χ4n) is 0.852. The van der Waals surface area contributed by atoms with Crippen LogP contribution in [0.2, 0.25) is 0 Å². The van der Waals surface area contributed by atoms with Gasteiger partial charge >= 0.3 is 0 Å². The number of hydrogen-bond acceptors (Lipinski definition) is 7. The van der Waals surface area contributed by atoms with E-state index in [9.17, 15) is 0 Å². The number of nitrogens with two attached hydrogens (primary N) is 1. The number of nitrogen functional groups attached to an aromatic ring is 1. The number of nitrogens with zero attached hydrogens (tertiary/aromatic N) is 4. The van der Waals surface area contributed by atoms with E-state index in [1.165, 1.54) is 11.8 Å². The van der Waals surface area contributed by atoms with Crippen molar-refractivity contribution in [3.63, 3.8) is 0 Å².